The van der Waals surface area contributed by atoms with Gasteiger partial charge in [-0.3, -0.25) is 10.1 Å². The fourth-order valence-corrected chi connectivity index (χ4v) is 2.10. The maximum Gasteiger partial charge on any atom is 0.311 e. The van der Waals surface area contributed by atoms with Crippen LogP contribution in [0.5, 0.6) is 17.2 Å². The number of methoxy groups -OCH3 is 1. The van der Waals surface area contributed by atoms with Crippen molar-refractivity contribution in [2.24, 2.45) is 0 Å². The topological polar surface area (TPSA) is 61.6 Å². The summed E-state index contributed by atoms with van der Waals surface area (Å²) in [5.74, 6) is 1.35. The second-order valence-electron chi connectivity index (χ2n) is 4.13. The third-order valence-electron chi connectivity index (χ3n) is 2.67. The fraction of sp³-hybridized carbons (Fsp3) is 0.143. The molecule has 5 nitrogen and oxygen atoms in total. The van der Waals surface area contributed by atoms with Crippen molar-refractivity contribution in [1.82, 2.24) is 0 Å². The Morgan fingerprint density at radius 3 is 2.45 bits per heavy atom. The van der Waals surface area contributed by atoms with E-state index in [9.17, 15) is 10.1 Å². The van der Waals surface area contributed by atoms with Gasteiger partial charge in [-0.2, -0.15) is 0 Å². The van der Waals surface area contributed by atoms with Crippen LogP contribution in [0.1, 0.15) is 5.56 Å². The molecule has 0 aliphatic rings. The molecule has 6 heteroatoms. The number of rotatable bonds is 4. The van der Waals surface area contributed by atoms with Crippen molar-refractivity contribution >= 4 is 21.6 Å². The number of hydrogen-bond acceptors (Lipinski definition) is 4. The van der Waals surface area contributed by atoms with Crippen LogP contribution in [0.3, 0.4) is 0 Å². The van der Waals surface area contributed by atoms with Gasteiger partial charge in [0.05, 0.1) is 16.5 Å². The SMILES string of the molecule is COc1ccc(Oc2ccc(C)cc2[N+](=O)[O-])c(Br)c1. The average Bonchev–Trinajstić information content (AvgIpc) is 2.42. The van der Waals surface area contributed by atoms with E-state index in [0.29, 0.717) is 16.0 Å². The maximum atomic E-state index is 11.0. The van der Waals surface area contributed by atoms with Crippen LogP contribution in [0.25, 0.3) is 0 Å². The quantitative estimate of drug-likeness (QED) is 0.610. The summed E-state index contributed by atoms with van der Waals surface area (Å²) >= 11 is 3.35. The van der Waals surface area contributed by atoms with E-state index in [1.807, 2.05) is 0 Å². The number of nitro benzene ring substituents is 1. The molecule has 0 fully saturated rings. The molecule has 0 atom stereocenters. The summed E-state index contributed by atoms with van der Waals surface area (Å²) in [4.78, 5) is 10.6. The Labute approximate surface area is 124 Å². The second kappa shape index (κ2) is 5.92. The van der Waals surface area contributed by atoms with Crippen LogP contribution in [0.2, 0.25) is 0 Å². The van der Waals surface area contributed by atoms with Gasteiger partial charge in [-0.15, -0.1) is 0 Å². The summed E-state index contributed by atoms with van der Waals surface area (Å²) in [7, 11) is 1.56. The first kappa shape index (κ1) is 14.3. The van der Waals surface area contributed by atoms with E-state index in [2.05, 4.69) is 15.9 Å². The standard InChI is InChI=1S/C14H12BrNO4/c1-9-3-5-14(12(7-9)16(17)18)20-13-6-4-10(19-2)8-11(13)15/h3-8H,1-2H3. The van der Waals surface area contributed by atoms with Crippen LogP contribution in [0.4, 0.5) is 5.69 Å². The Morgan fingerprint density at radius 1 is 1.15 bits per heavy atom. The normalized spacial score (nSPS) is 10.2. The highest BCUT2D eigenvalue weighted by Gasteiger charge is 2.17. The Bertz CT molecular complexity index is 658. The molecule has 0 aliphatic carbocycles. The molecule has 0 aromatic heterocycles. The van der Waals surface area contributed by atoms with Gasteiger partial charge in [-0.05, 0) is 52.7 Å². The molecule has 0 bridgehead atoms. The van der Waals surface area contributed by atoms with Crippen molar-refractivity contribution in [3.63, 3.8) is 0 Å². The number of nitrogens with zero attached hydrogens (tertiary/aromatic N) is 1. The monoisotopic (exact) mass is 337 g/mol. The van der Waals surface area contributed by atoms with Gasteiger partial charge < -0.3 is 9.47 Å². The van der Waals surface area contributed by atoms with Crippen molar-refractivity contribution in [2.45, 2.75) is 6.92 Å². The largest absolute Gasteiger partial charge is 0.497 e. The summed E-state index contributed by atoms with van der Waals surface area (Å²) < 4.78 is 11.4. The highest BCUT2D eigenvalue weighted by molar-refractivity contribution is 9.10. The van der Waals surface area contributed by atoms with Gasteiger partial charge in [0, 0.05) is 6.07 Å². The molecular formula is C14H12BrNO4. The maximum absolute atomic E-state index is 11.0. The average molecular weight is 338 g/mol. The summed E-state index contributed by atoms with van der Waals surface area (Å²) in [6, 6.07) is 9.97. The molecule has 0 aliphatic heterocycles. The Morgan fingerprint density at radius 2 is 1.85 bits per heavy atom. The number of halogens is 1. The summed E-state index contributed by atoms with van der Waals surface area (Å²) in [6.07, 6.45) is 0. The number of ether oxygens (including phenoxy) is 2. The molecule has 0 spiro atoms. The zero-order valence-corrected chi connectivity index (χ0v) is 12.5. The van der Waals surface area contributed by atoms with Crippen molar-refractivity contribution in [3.05, 3.63) is 56.5 Å². The van der Waals surface area contributed by atoms with Gasteiger partial charge in [0.2, 0.25) is 5.75 Å². The number of benzene rings is 2. The van der Waals surface area contributed by atoms with Gasteiger partial charge in [0.15, 0.2) is 0 Å². The van der Waals surface area contributed by atoms with Crippen LogP contribution < -0.4 is 9.47 Å². The molecule has 0 radical (unpaired) electrons. The number of nitro groups is 1. The summed E-state index contributed by atoms with van der Waals surface area (Å²) in [5.41, 5.74) is 0.741. The molecule has 2 aromatic carbocycles. The van der Waals surface area contributed by atoms with Crippen LogP contribution in [0, 0.1) is 17.0 Å². The van der Waals surface area contributed by atoms with Gasteiger partial charge in [0.25, 0.3) is 0 Å². The number of hydrogen-bond donors (Lipinski definition) is 0. The van der Waals surface area contributed by atoms with E-state index >= 15 is 0 Å². The first-order valence-corrected chi connectivity index (χ1v) is 6.57. The van der Waals surface area contributed by atoms with Crippen molar-refractivity contribution in [2.75, 3.05) is 7.11 Å². The van der Waals surface area contributed by atoms with E-state index in [4.69, 9.17) is 9.47 Å². The molecule has 20 heavy (non-hydrogen) atoms. The van der Waals surface area contributed by atoms with Crippen LogP contribution in [-0.2, 0) is 0 Å². The minimum Gasteiger partial charge on any atom is -0.497 e. The molecule has 0 saturated carbocycles. The van der Waals surface area contributed by atoms with Crippen molar-refractivity contribution in [3.8, 4) is 17.2 Å². The number of aryl methyl sites for hydroxylation is 1. The molecule has 0 heterocycles. The molecule has 2 rings (SSSR count). The molecule has 0 unspecified atom stereocenters. The zero-order valence-electron chi connectivity index (χ0n) is 10.9. The van der Waals surface area contributed by atoms with Crippen LogP contribution >= 0.6 is 15.9 Å². The molecule has 0 N–H and O–H groups in total. The van der Waals surface area contributed by atoms with E-state index in [0.717, 1.165) is 5.56 Å². The fourth-order valence-electron chi connectivity index (χ4n) is 1.67. The summed E-state index contributed by atoms with van der Waals surface area (Å²) in [5, 5.41) is 11.0. The van der Waals surface area contributed by atoms with E-state index in [1.54, 1.807) is 44.4 Å². The van der Waals surface area contributed by atoms with E-state index < -0.39 is 4.92 Å². The first-order chi connectivity index (χ1) is 9.51. The van der Waals surface area contributed by atoms with Crippen LogP contribution in [-0.4, -0.2) is 12.0 Å². The van der Waals surface area contributed by atoms with Gasteiger partial charge >= 0.3 is 5.69 Å². The Hall–Kier alpha value is -2.08. The lowest BCUT2D eigenvalue weighted by molar-refractivity contribution is -0.385. The zero-order chi connectivity index (χ0) is 14.7. The van der Waals surface area contributed by atoms with Crippen molar-refractivity contribution < 1.29 is 14.4 Å². The van der Waals surface area contributed by atoms with Crippen LogP contribution in [0.15, 0.2) is 40.9 Å². The van der Waals surface area contributed by atoms with Crippen molar-refractivity contribution in [1.29, 1.82) is 0 Å². The molecule has 0 saturated heterocycles. The third-order valence-corrected chi connectivity index (χ3v) is 3.29. The first-order valence-electron chi connectivity index (χ1n) is 5.77. The van der Waals surface area contributed by atoms with Gasteiger partial charge in [-0.25, -0.2) is 0 Å². The lowest BCUT2D eigenvalue weighted by Gasteiger charge is -2.09. The Kier molecular flexibility index (Phi) is 4.24. The smallest absolute Gasteiger partial charge is 0.311 e. The summed E-state index contributed by atoms with van der Waals surface area (Å²) in [6.45, 7) is 1.79. The van der Waals surface area contributed by atoms with E-state index in [-0.39, 0.29) is 11.4 Å². The second-order valence-corrected chi connectivity index (χ2v) is 4.98. The highest BCUT2D eigenvalue weighted by atomic mass is 79.9. The molecule has 104 valence electrons. The predicted molar refractivity (Wildman–Crippen MR) is 78.6 cm³/mol. The van der Waals surface area contributed by atoms with E-state index in [1.165, 1.54) is 6.07 Å². The highest BCUT2D eigenvalue weighted by Crippen LogP contribution is 2.36. The third kappa shape index (κ3) is 3.08. The van der Waals surface area contributed by atoms with Gasteiger partial charge in [0.1, 0.15) is 11.5 Å². The lowest BCUT2D eigenvalue weighted by Crippen LogP contribution is -1.94. The van der Waals surface area contributed by atoms with Gasteiger partial charge in [-0.1, -0.05) is 6.07 Å². The lowest BCUT2D eigenvalue weighted by atomic mass is 10.2. The Balaban J connectivity index is 2.37. The molecule has 0 amide bonds. The predicted octanol–water partition coefficient (Wildman–Crippen LogP) is 4.47. The molecule has 2 aromatic rings. The molecular weight excluding hydrogens is 326 g/mol. The minimum atomic E-state index is -0.459. The minimum absolute atomic E-state index is 0.0623.